The lowest BCUT2D eigenvalue weighted by atomic mass is 9.92. The van der Waals surface area contributed by atoms with Crippen molar-refractivity contribution in [3.8, 4) is 11.5 Å². The van der Waals surface area contributed by atoms with Crippen molar-refractivity contribution in [2.75, 3.05) is 13.7 Å². The van der Waals surface area contributed by atoms with Crippen LogP contribution in [0.4, 0.5) is 4.79 Å². The molecule has 8 heteroatoms. The first-order valence-corrected chi connectivity index (χ1v) is 8.94. The standard InChI is InChI=1S/C20H19ClN2O5/c1-3-28-19(25)15-16(11-7-5-4-6-8-11)22-20(26)23-17(15)12-9-13(21)18(24)14(10-12)27-2/h4-10,17,24H,3H2,1-2H3,(H2,22,23,26)/t17-/m0/s1. The number of nitrogens with one attached hydrogen (secondary N) is 2. The molecule has 1 atom stereocenters. The number of amides is 2. The third kappa shape index (κ3) is 3.75. The number of ether oxygens (including phenoxy) is 2. The van der Waals surface area contributed by atoms with E-state index < -0.39 is 18.0 Å². The second-order valence-electron chi connectivity index (χ2n) is 5.96. The SMILES string of the molecule is CCOC(=O)C1=C(c2ccccc2)NC(=O)N[C@H]1c1cc(Cl)c(O)c(OC)c1. The highest BCUT2D eigenvalue weighted by Gasteiger charge is 2.35. The van der Waals surface area contributed by atoms with E-state index in [2.05, 4.69) is 10.6 Å². The average molecular weight is 403 g/mol. The van der Waals surface area contributed by atoms with Crippen LogP contribution in [-0.2, 0) is 9.53 Å². The summed E-state index contributed by atoms with van der Waals surface area (Å²) in [4.78, 5) is 25.1. The van der Waals surface area contributed by atoms with Gasteiger partial charge in [0.1, 0.15) is 0 Å². The Kier molecular flexibility index (Phi) is 5.75. The van der Waals surface area contributed by atoms with Gasteiger partial charge in [0.2, 0.25) is 0 Å². The van der Waals surface area contributed by atoms with Crippen LogP contribution in [0, 0.1) is 0 Å². The molecule has 28 heavy (non-hydrogen) atoms. The molecule has 0 saturated carbocycles. The minimum atomic E-state index is -0.852. The molecule has 0 saturated heterocycles. The molecule has 1 heterocycles. The van der Waals surface area contributed by atoms with Crippen LogP contribution in [0.15, 0.2) is 48.0 Å². The summed E-state index contributed by atoms with van der Waals surface area (Å²) in [5.41, 5.74) is 1.68. The van der Waals surface area contributed by atoms with Crippen LogP contribution in [-0.4, -0.2) is 30.8 Å². The van der Waals surface area contributed by atoms with Gasteiger partial charge >= 0.3 is 12.0 Å². The molecule has 2 aromatic rings. The van der Waals surface area contributed by atoms with Gasteiger partial charge in [0.05, 0.1) is 36.1 Å². The number of phenols is 1. The third-order valence-electron chi connectivity index (χ3n) is 4.23. The average Bonchev–Trinajstić information content (AvgIpc) is 2.70. The largest absolute Gasteiger partial charge is 0.503 e. The molecule has 2 aromatic carbocycles. The monoisotopic (exact) mass is 402 g/mol. The van der Waals surface area contributed by atoms with E-state index in [1.165, 1.54) is 19.2 Å². The Balaban J connectivity index is 2.22. The molecule has 3 N–H and O–H groups in total. The van der Waals surface area contributed by atoms with Crippen molar-refractivity contribution in [2.24, 2.45) is 0 Å². The van der Waals surface area contributed by atoms with Gasteiger partial charge in [0.15, 0.2) is 11.5 Å². The molecule has 0 aromatic heterocycles. The van der Waals surface area contributed by atoms with Gasteiger partial charge in [0.25, 0.3) is 0 Å². The smallest absolute Gasteiger partial charge is 0.338 e. The Labute approximate surface area is 166 Å². The zero-order valence-electron chi connectivity index (χ0n) is 15.3. The molecule has 3 rings (SSSR count). The summed E-state index contributed by atoms with van der Waals surface area (Å²) >= 11 is 6.10. The van der Waals surface area contributed by atoms with Crippen LogP contribution in [0.5, 0.6) is 11.5 Å². The molecule has 146 valence electrons. The lowest BCUT2D eigenvalue weighted by Gasteiger charge is -2.30. The lowest BCUT2D eigenvalue weighted by Crippen LogP contribution is -2.45. The van der Waals surface area contributed by atoms with E-state index in [4.69, 9.17) is 21.1 Å². The van der Waals surface area contributed by atoms with Crippen LogP contribution in [0.1, 0.15) is 24.1 Å². The highest BCUT2D eigenvalue weighted by molar-refractivity contribution is 6.32. The van der Waals surface area contributed by atoms with Gasteiger partial charge in [0, 0.05) is 0 Å². The van der Waals surface area contributed by atoms with Crippen LogP contribution in [0.2, 0.25) is 5.02 Å². The number of carbonyl (C=O) groups is 2. The van der Waals surface area contributed by atoms with E-state index in [1.54, 1.807) is 31.2 Å². The number of methoxy groups -OCH3 is 1. The summed E-state index contributed by atoms with van der Waals surface area (Å²) < 4.78 is 10.4. The summed E-state index contributed by atoms with van der Waals surface area (Å²) in [5, 5.41) is 15.4. The van der Waals surface area contributed by atoms with Crippen LogP contribution >= 0.6 is 11.6 Å². The molecule has 0 unspecified atom stereocenters. The fourth-order valence-electron chi connectivity index (χ4n) is 2.99. The third-order valence-corrected chi connectivity index (χ3v) is 4.52. The van der Waals surface area contributed by atoms with Gasteiger partial charge in [-0.05, 0) is 30.2 Å². The molecule has 2 amide bonds. The van der Waals surface area contributed by atoms with Crippen molar-refractivity contribution in [3.63, 3.8) is 0 Å². The van der Waals surface area contributed by atoms with Crippen molar-refractivity contribution >= 4 is 29.3 Å². The van der Waals surface area contributed by atoms with Crippen molar-refractivity contribution in [3.05, 3.63) is 64.2 Å². The Morgan fingerprint density at radius 2 is 1.96 bits per heavy atom. The minimum absolute atomic E-state index is 0.0339. The second-order valence-corrected chi connectivity index (χ2v) is 6.37. The number of urea groups is 1. The quantitative estimate of drug-likeness (QED) is 0.666. The van der Waals surface area contributed by atoms with E-state index in [-0.39, 0.29) is 28.7 Å². The number of hydrogen-bond acceptors (Lipinski definition) is 5. The number of halogens is 1. The summed E-state index contributed by atoms with van der Waals surface area (Å²) in [5.74, 6) is -0.681. The predicted octanol–water partition coefficient (Wildman–Crippen LogP) is 3.38. The fourth-order valence-corrected chi connectivity index (χ4v) is 3.21. The highest BCUT2D eigenvalue weighted by Crippen LogP contribution is 2.40. The van der Waals surface area contributed by atoms with Gasteiger partial charge in [-0.1, -0.05) is 41.9 Å². The minimum Gasteiger partial charge on any atom is -0.503 e. The van der Waals surface area contributed by atoms with Crippen molar-refractivity contribution in [2.45, 2.75) is 13.0 Å². The van der Waals surface area contributed by atoms with Gasteiger partial charge in [-0.2, -0.15) is 0 Å². The maximum absolute atomic E-state index is 12.8. The number of benzene rings is 2. The van der Waals surface area contributed by atoms with Gasteiger partial charge in [-0.3, -0.25) is 0 Å². The van der Waals surface area contributed by atoms with Crippen molar-refractivity contribution < 1.29 is 24.2 Å². The Hall–Kier alpha value is -3.19. The van der Waals surface area contributed by atoms with Crippen molar-refractivity contribution in [1.82, 2.24) is 10.6 Å². The number of esters is 1. The van der Waals surface area contributed by atoms with Gasteiger partial charge in [-0.25, -0.2) is 9.59 Å². The first-order chi connectivity index (χ1) is 13.5. The van der Waals surface area contributed by atoms with E-state index in [1.807, 2.05) is 6.07 Å². The Bertz CT molecular complexity index is 943. The topological polar surface area (TPSA) is 96.9 Å². The van der Waals surface area contributed by atoms with Crippen LogP contribution in [0.3, 0.4) is 0 Å². The molecule has 1 aliphatic rings. The number of carbonyl (C=O) groups excluding carboxylic acids is 2. The second kappa shape index (κ2) is 8.22. The highest BCUT2D eigenvalue weighted by atomic mass is 35.5. The van der Waals surface area contributed by atoms with Gasteiger partial charge < -0.3 is 25.2 Å². The van der Waals surface area contributed by atoms with E-state index in [9.17, 15) is 14.7 Å². The summed E-state index contributed by atoms with van der Waals surface area (Å²) in [7, 11) is 1.38. The zero-order valence-corrected chi connectivity index (χ0v) is 16.0. The van der Waals surface area contributed by atoms with Crippen molar-refractivity contribution in [1.29, 1.82) is 0 Å². The maximum atomic E-state index is 12.8. The first kappa shape index (κ1) is 19.6. The van der Waals surface area contributed by atoms with E-state index >= 15 is 0 Å². The summed E-state index contributed by atoms with van der Waals surface area (Å²) in [6, 6.07) is 10.6. The summed E-state index contributed by atoms with van der Waals surface area (Å²) in [6.45, 7) is 1.87. The lowest BCUT2D eigenvalue weighted by molar-refractivity contribution is -0.138. The molecule has 7 nitrogen and oxygen atoms in total. The van der Waals surface area contributed by atoms with Crippen LogP contribution < -0.4 is 15.4 Å². The maximum Gasteiger partial charge on any atom is 0.338 e. The van der Waals surface area contributed by atoms with Gasteiger partial charge in [-0.15, -0.1) is 0 Å². The number of hydrogen-bond donors (Lipinski definition) is 3. The molecule has 0 radical (unpaired) electrons. The normalized spacial score (nSPS) is 16.2. The molecular weight excluding hydrogens is 384 g/mol. The Morgan fingerprint density at radius 3 is 2.61 bits per heavy atom. The molecular formula is C20H19ClN2O5. The predicted molar refractivity (Wildman–Crippen MR) is 104 cm³/mol. The van der Waals surface area contributed by atoms with E-state index in [0.29, 0.717) is 16.8 Å². The first-order valence-electron chi connectivity index (χ1n) is 8.56. The molecule has 0 fully saturated rings. The molecule has 1 aliphatic heterocycles. The fraction of sp³-hybridized carbons (Fsp3) is 0.200. The molecule has 0 spiro atoms. The molecule has 0 bridgehead atoms. The summed E-state index contributed by atoms with van der Waals surface area (Å²) in [6.07, 6.45) is 0. The molecule has 0 aliphatic carbocycles. The van der Waals surface area contributed by atoms with E-state index in [0.717, 1.165) is 0 Å². The number of rotatable bonds is 5. The Morgan fingerprint density at radius 1 is 1.25 bits per heavy atom. The number of aromatic hydroxyl groups is 1. The zero-order chi connectivity index (χ0) is 20.3. The number of phenolic OH excluding ortho intramolecular Hbond substituents is 1. The van der Waals surface area contributed by atoms with Crippen LogP contribution in [0.25, 0.3) is 5.70 Å².